The first-order chi connectivity index (χ1) is 14.9. The molecule has 31 heavy (non-hydrogen) atoms. The van der Waals surface area contributed by atoms with Crippen molar-refractivity contribution in [2.24, 2.45) is 7.05 Å². The van der Waals surface area contributed by atoms with E-state index >= 15 is 0 Å². The highest BCUT2D eigenvalue weighted by atomic mass is 32.2. The quantitative estimate of drug-likeness (QED) is 0.434. The van der Waals surface area contributed by atoms with Gasteiger partial charge in [-0.15, -0.1) is 10.2 Å². The smallest absolute Gasteiger partial charge is 0.339 e. The first-order valence-corrected chi connectivity index (χ1v) is 9.96. The average molecular weight is 441 g/mol. The molecule has 3 rings (SSSR count). The van der Waals surface area contributed by atoms with Crippen molar-refractivity contribution in [3.05, 3.63) is 53.9 Å². The van der Waals surface area contributed by atoms with Crippen molar-refractivity contribution in [3.63, 3.8) is 0 Å². The predicted molar refractivity (Wildman–Crippen MR) is 113 cm³/mol. The molecule has 1 amide bonds. The van der Waals surface area contributed by atoms with Crippen LogP contribution in [0, 0.1) is 0 Å². The Labute approximate surface area is 182 Å². The van der Waals surface area contributed by atoms with Gasteiger partial charge in [-0.05, 0) is 30.3 Å². The summed E-state index contributed by atoms with van der Waals surface area (Å²) in [5.41, 5.74) is 1.31. The van der Waals surface area contributed by atoms with Gasteiger partial charge in [0.05, 0.1) is 36.8 Å². The lowest BCUT2D eigenvalue weighted by Crippen LogP contribution is -2.18. The zero-order chi connectivity index (χ0) is 22.4. The van der Waals surface area contributed by atoms with Gasteiger partial charge < -0.3 is 19.4 Å². The fourth-order valence-corrected chi connectivity index (χ4v) is 3.40. The summed E-state index contributed by atoms with van der Waals surface area (Å²) in [5.74, 6) is -0.987. The van der Waals surface area contributed by atoms with Crippen LogP contribution in [-0.2, 0) is 21.3 Å². The largest absolute Gasteiger partial charge is 0.465 e. The highest BCUT2D eigenvalue weighted by Gasteiger charge is 2.18. The molecule has 10 nitrogen and oxygen atoms in total. The number of carbonyl (C=O) groups is 3. The monoisotopic (exact) mass is 441 g/mol. The number of carbonyl (C=O) groups excluding carboxylic acids is 3. The van der Waals surface area contributed by atoms with Gasteiger partial charge in [0.1, 0.15) is 0 Å². The summed E-state index contributed by atoms with van der Waals surface area (Å²) in [5, 5.41) is 11.5. The van der Waals surface area contributed by atoms with Gasteiger partial charge in [0.25, 0.3) is 0 Å². The number of pyridine rings is 1. The molecule has 0 aliphatic heterocycles. The molecule has 11 heteroatoms. The molecule has 1 aromatic carbocycles. The first kappa shape index (κ1) is 22.0. The number of esters is 2. The van der Waals surface area contributed by atoms with Gasteiger partial charge in [0.2, 0.25) is 5.91 Å². The van der Waals surface area contributed by atoms with Crippen LogP contribution < -0.4 is 5.32 Å². The molecule has 2 aromatic heterocycles. The van der Waals surface area contributed by atoms with Crippen molar-refractivity contribution in [2.75, 3.05) is 25.3 Å². The van der Waals surface area contributed by atoms with Crippen LogP contribution >= 0.6 is 11.8 Å². The second-order valence-electron chi connectivity index (χ2n) is 6.18. The number of hydrogen-bond acceptors (Lipinski definition) is 9. The van der Waals surface area contributed by atoms with Crippen molar-refractivity contribution in [1.82, 2.24) is 19.7 Å². The fourth-order valence-electron chi connectivity index (χ4n) is 2.69. The number of rotatable bonds is 7. The minimum atomic E-state index is -0.644. The number of amides is 1. The van der Waals surface area contributed by atoms with Crippen LogP contribution in [-0.4, -0.2) is 57.6 Å². The predicted octanol–water partition coefficient (Wildman–Crippen LogP) is 2.18. The number of aromatic nitrogens is 4. The Morgan fingerprint density at radius 3 is 2.42 bits per heavy atom. The average Bonchev–Trinajstić information content (AvgIpc) is 3.17. The minimum absolute atomic E-state index is 0.00534. The maximum absolute atomic E-state index is 12.5. The second-order valence-corrected chi connectivity index (χ2v) is 7.12. The summed E-state index contributed by atoms with van der Waals surface area (Å²) in [7, 11) is 4.27. The number of benzene rings is 1. The molecule has 0 saturated carbocycles. The van der Waals surface area contributed by atoms with E-state index in [0.29, 0.717) is 11.0 Å². The number of nitrogens with one attached hydrogen (secondary N) is 1. The van der Waals surface area contributed by atoms with Crippen LogP contribution in [0.15, 0.2) is 47.9 Å². The molecule has 0 spiro atoms. The molecule has 3 aromatic rings. The number of hydrogen-bond donors (Lipinski definition) is 1. The van der Waals surface area contributed by atoms with E-state index in [4.69, 9.17) is 4.74 Å². The topological polar surface area (TPSA) is 125 Å². The van der Waals surface area contributed by atoms with Crippen molar-refractivity contribution in [3.8, 4) is 11.4 Å². The lowest BCUT2D eigenvalue weighted by atomic mass is 10.1. The molecule has 0 saturated heterocycles. The molecule has 0 radical (unpaired) electrons. The van der Waals surface area contributed by atoms with Crippen molar-refractivity contribution < 1.29 is 23.9 Å². The number of nitrogens with zero attached hydrogens (tertiary/aromatic N) is 4. The number of methoxy groups -OCH3 is 2. The van der Waals surface area contributed by atoms with Gasteiger partial charge in [-0.3, -0.25) is 9.78 Å². The molecule has 0 aliphatic carbocycles. The third-order valence-electron chi connectivity index (χ3n) is 4.23. The van der Waals surface area contributed by atoms with Gasteiger partial charge in [-0.1, -0.05) is 11.8 Å². The van der Waals surface area contributed by atoms with Crippen molar-refractivity contribution in [2.45, 2.75) is 5.16 Å². The Bertz CT molecular complexity index is 1120. The van der Waals surface area contributed by atoms with Gasteiger partial charge >= 0.3 is 11.9 Å². The Kier molecular flexibility index (Phi) is 6.98. The van der Waals surface area contributed by atoms with Crippen LogP contribution in [0.25, 0.3) is 11.4 Å². The lowest BCUT2D eigenvalue weighted by molar-refractivity contribution is -0.113. The van der Waals surface area contributed by atoms with E-state index in [9.17, 15) is 14.4 Å². The summed E-state index contributed by atoms with van der Waals surface area (Å²) >= 11 is 1.18. The summed E-state index contributed by atoms with van der Waals surface area (Å²) in [4.78, 5) is 40.3. The third kappa shape index (κ3) is 5.07. The van der Waals surface area contributed by atoms with Crippen LogP contribution in [0.3, 0.4) is 0 Å². The standard InChI is InChI=1S/C20H19N5O5S/c1-25-17(12-6-8-21-9-7-12)23-24-20(25)31-11-16(26)22-15-10-13(18(27)29-2)4-5-14(15)19(28)30-3/h4-10H,11H2,1-3H3,(H,22,26). The molecule has 0 aliphatic rings. The number of anilines is 1. The lowest BCUT2D eigenvalue weighted by Gasteiger charge is -2.11. The van der Waals surface area contributed by atoms with Crippen molar-refractivity contribution in [1.29, 1.82) is 0 Å². The molecule has 1 N–H and O–H groups in total. The summed E-state index contributed by atoms with van der Waals surface area (Å²) < 4.78 is 11.2. The Morgan fingerprint density at radius 1 is 1.03 bits per heavy atom. The Balaban J connectivity index is 1.73. The molecule has 0 unspecified atom stereocenters. The molecule has 0 fully saturated rings. The van der Waals surface area contributed by atoms with E-state index in [-0.39, 0.29) is 22.6 Å². The van der Waals surface area contributed by atoms with E-state index < -0.39 is 17.8 Å². The molecule has 0 atom stereocenters. The summed E-state index contributed by atoms with van der Waals surface area (Å²) in [6.07, 6.45) is 3.32. The van der Waals surface area contributed by atoms with Crippen LogP contribution in [0.4, 0.5) is 5.69 Å². The normalized spacial score (nSPS) is 10.4. The number of ether oxygens (including phenoxy) is 2. The maximum atomic E-state index is 12.5. The van der Waals surface area contributed by atoms with E-state index in [1.54, 1.807) is 24.0 Å². The molecule has 160 valence electrons. The van der Waals surface area contributed by atoms with Crippen LogP contribution in [0.1, 0.15) is 20.7 Å². The van der Waals surface area contributed by atoms with E-state index in [0.717, 1.165) is 5.56 Å². The molecule has 0 bridgehead atoms. The maximum Gasteiger partial charge on any atom is 0.339 e. The van der Waals surface area contributed by atoms with E-state index in [1.165, 1.54) is 44.2 Å². The van der Waals surface area contributed by atoms with Gasteiger partial charge in [-0.2, -0.15) is 0 Å². The molecular formula is C20H19N5O5S. The number of thioether (sulfide) groups is 1. The zero-order valence-corrected chi connectivity index (χ0v) is 17.8. The van der Waals surface area contributed by atoms with Crippen LogP contribution in [0.2, 0.25) is 0 Å². The van der Waals surface area contributed by atoms with Gasteiger partial charge in [0, 0.05) is 25.0 Å². The summed E-state index contributed by atoms with van der Waals surface area (Å²) in [6.45, 7) is 0. The van der Waals surface area contributed by atoms with Crippen LogP contribution in [0.5, 0.6) is 0 Å². The van der Waals surface area contributed by atoms with E-state index in [1.807, 2.05) is 12.1 Å². The molecule has 2 heterocycles. The third-order valence-corrected chi connectivity index (χ3v) is 5.25. The summed E-state index contributed by atoms with van der Waals surface area (Å²) in [6, 6.07) is 7.80. The minimum Gasteiger partial charge on any atom is -0.465 e. The Hall–Kier alpha value is -3.73. The first-order valence-electron chi connectivity index (χ1n) is 8.97. The van der Waals surface area contributed by atoms with Crippen molar-refractivity contribution >= 4 is 35.3 Å². The molecular weight excluding hydrogens is 422 g/mol. The highest BCUT2D eigenvalue weighted by Crippen LogP contribution is 2.23. The highest BCUT2D eigenvalue weighted by molar-refractivity contribution is 7.99. The van der Waals surface area contributed by atoms with E-state index in [2.05, 4.69) is 25.2 Å². The zero-order valence-electron chi connectivity index (χ0n) is 17.0. The van der Waals surface area contributed by atoms with Gasteiger partial charge in [-0.25, -0.2) is 9.59 Å². The second kappa shape index (κ2) is 9.85. The Morgan fingerprint density at radius 2 is 1.74 bits per heavy atom. The fraction of sp³-hybridized carbons (Fsp3) is 0.200. The van der Waals surface area contributed by atoms with Gasteiger partial charge in [0.15, 0.2) is 11.0 Å². The SMILES string of the molecule is COC(=O)c1ccc(C(=O)OC)c(NC(=O)CSc2nnc(-c3ccncc3)n2C)c1.